The fourth-order valence-electron chi connectivity index (χ4n) is 4.29. The van der Waals surface area contributed by atoms with E-state index >= 15 is 0 Å². The monoisotopic (exact) mass is 489 g/mol. The highest BCUT2D eigenvalue weighted by Gasteiger charge is 2.48. The van der Waals surface area contributed by atoms with Gasteiger partial charge in [0.1, 0.15) is 0 Å². The largest absolute Gasteiger partial charge is 0.416 e. The molecule has 0 bridgehead atoms. The summed E-state index contributed by atoms with van der Waals surface area (Å²) in [6.07, 6.45) is -6.53. The zero-order chi connectivity index (χ0) is 25.3. The Bertz CT molecular complexity index is 1120. The van der Waals surface area contributed by atoms with Gasteiger partial charge in [-0.3, -0.25) is 19.7 Å². The molecule has 2 heterocycles. The molecule has 0 radical (unpaired) electrons. The maximum atomic E-state index is 13.0. The number of alkyl halides is 3. The van der Waals surface area contributed by atoms with Crippen LogP contribution in [0.5, 0.6) is 0 Å². The predicted molar refractivity (Wildman–Crippen MR) is 123 cm³/mol. The second-order valence-corrected chi connectivity index (χ2v) is 8.98. The Morgan fingerprint density at radius 1 is 1.03 bits per heavy atom. The Morgan fingerprint density at radius 3 is 2.40 bits per heavy atom. The number of hydrogen-bond donors (Lipinski definition) is 5. The number of fused-ring (bicyclic) bond motifs is 1. The fraction of sp³-hybridized carbons (Fsp3) is 0.375. The molecule has 4 atom stereocenters. The Morgan fingerprint density at radius 2 is 1.74 bits per heavy atom. The van der Waals surface area contributed by atoms with Crippen molar-refractivity contribution in [3.63, 3.8) is 0 Å². The van der Waals surface area contributed by atoms with Crippen LogP contribution < -0.4 is 26.6 Å². The van der Waals surface area contributed by atoms with Gasteiger partial charge < -0.3 is 21.3 Å². The second-order valence-electron chi connectivity index (χ2n) is 8.98. The number of amides is 3. The minimum atomic E-state index is -4.51. The van der Waals surface area contributed by atoms with E-state index in [1.165, 1.54) is 12.1 Å². The van der Waals surface area contributed by atoms with Crippen LogP contribution >= 0.6 is 0 Å². The molecule has 4 rings (SSSR count). The van der Waals surface area contributed by atoms with E-state index in [1.807, 2.05) is 12.1 Å². The SMILES string of the molecule is CC(C)c1ccc(NC(=O)C2CC(=O)NC3NC(Nc4cccc(C(F)(F)F)c4)NC(=O)C32)cc1. The zero-order valence-electron chi connectivity index (χ0n) is 19.1. The summed E-state index contributed by atoms with van der Waals surface area (Å²) >= 11 is 0. The molecule has 3 amide bonds. The third-order valence-electron chi connectivity index (χ3n) is 6.13. The predicted octanol–water partition coefficient (Wildman–Crippen LogP) is 2.96. The Hall–Kier alpha value is -3.60. The number of carbonyl (C=O) groups is 3. The topological polar surface area (TPSA) is 111 Å². The highest BCUT2D eigenvalue weighted by molar-refractivity contribution is 6.00. The summed E-state index contributed by atoms with van der Waals surface area (Å²) < 4.78 is 39.0. The van der Waals surface area contributed by atoms with Crippen LogP contribution in [0.15, 0.2) is 48.5 Å². The van der Waals surface area contributed by atoms with Gasteiger partial charge in [0.15, 0.2) is 6.29 Å². The van der Waals surface area contributed by atoms with Gasteiger partial charge in [-0.15, -0.1) is 0 Å². The summed E-state index contributed by atoms with van der Waals surface area (Å²) in [4.78, 5) is 38.3. The van der Waals surface area contributed by atoms with Crippen LogP contribution in [-0.4, -0.2) is 30.2 Å². The smallest absolute Gasteiger partial charge is 0.353 e. The normalized spacial score (nSPS) is 24.3. The van der Waals surface area contributed by atoms with Gasteiger partial charge in [0.25, 0.3) is 0 Å². The minimum absolute atomic E-state index is 0.123. The van der Waals surface area contributed by atoms with E-state index in [0.717, 1.165) is 17.7 Å². The summed E-state index contributed by atoms with van der Waals surface area (Å²) in [5, 5.41) is 13.8. The summed E-state index contributed by atoms with van der Waals surface area (Å²) in [6, 6.07) is 11.9. The lowest BCUT2D eigenvalue weighted by atomic mass is 9.81. The van der Waals surface area contributed by atoms with Gasteiger partial charge in [-0.25, -0.2) is 0 Å². The van der Waals surface area contributed by atoms with Gasteiger partial charge in [0.05, 0.1) is 23.6 Å². The van der Waals surface area contributed by atoms with Gasteiger partial charge in [-0.2, -0.15) is 13.2 Å². The van der Waals surface area contributed by atoms with Crippen LogP contribution in [0.25, 0.3) is 0 Å². The summed E-state index contributed by atoms with van der Waals surface area (Å²) in [6.45, 7) is 4.11. The van der Waals surface area contributed by atoms with Crippen molar-refractivity contribution in [3.05, 3.63) is 59.7 Å². The van der Waals surface area contributed by atoms with Crippen LogP contribution in [0.3, 0.4) is 0 Å². The highest BCUT2D eigenvalue weighted by atomic mass is 19.4. The number of carbonyl (C=O) groups excluding carboxylic acids is 3. The van der Waals surface area contributed by atoms with E-state index in [9.17, 15) is 27.6 Å². The molecule has 0 spiro atoms. The first kappa shape index (κ1) is 24.5. The van der Waals surface area contributed by atoms with E-state index in [0.29, 0.717) is 11.6 Å². The van der Waals surface area contributed by atoms with Gasteiger partial charge >= 0.3 is 6.18 Å². The quantitative estimate of drug-likeness (QED) is 0.444. The molecular weight excluding hydrogens is 463 g/mol. The molecule has 2 aromatic carbocycles. The van der Waals surface area contributed by atoms with Gasteiger partial charge in [0.2, 0.25) is 17.7 Å². The Labute approximate surface area is 200 Å². The molecule has 0 aromatic heterocycles. The molecule has 2 aliphatic heterocycles. The molecule has 35 heavy (non-hydrogen) atoms. The molecule has 8 nitrogen and oxygen atoms in total. The molecule has 0 saturated carbocycles. The van der Waals surface area contributed by atoms with Crippen LogP contribution in [-0.2, 0) is 20.6 Å². The number of halogens is 3. The Balaban J connectivity index is 1.46. The van der Waals surface area contributed by atoms with E-state index in [4.69, 9.17) is 0 Å². The first-order valence-electron chi connectivity index (χ1n) is 11.2. The van der Waals surface area contributed by atoms with Crippen molar-refractivity contribution in [2.45, 2.75) is 44.8 Å². The molecule has 2 fully saturated rings. The maximum Gasteiger partial charge on any atom is 0.416 e. The van der Waals surface area contributed by atoms with E-state index in [2.05, 4.69) is 40.4 Å². The molecule has 5 N–H and O–H groups in total. The van der Waals surface area contributed by atoms with Crippen LogP contribution in [0.4, 0.5) is 24.5 Å². The number of rotatable bonds is 5. The van der Waals surface area contributed by atoms with Crippen LogP contribution in [0, 0.1) is 11.8 Å². The highest BCUT2D eigenvalue weighted by Crippen LogP contribution is 2.31. The van der Waals surface area contributed by atoms with Crippen LogP contribution in [0.1, 0.15) is 37.3 Å². The lowest BCUT2D eigenvalue weighted by Gasteiger charge is -2.43. The van der Waals surface area contributed by atoms with Crippen molar-refractivity contribution in [3.8, 4) is 0 Å². The molecule has 4 unspecified atom stereocenters. The molecule has 186 valence electrons. The lowest BCUT2D eigenvalue weighted by Crippen LogP contribution is -2.72. The molecule has 2 aromatic rings. The average molecular weight is 489 g/mol. The fourth-order valence-corrected chi connectivity index (χ4v) is 4.29. The number of benzene rings is 2. The third kappa shape index (κ3) is 5.56. The molecule has 0 aliphatic carbocycles. The standard InChI is InChI=1S/C24H26F3N5O3/c1-12(2)13-6-8-15(9-7-13)28-21(34)17-11-18(33)30-20-19(17)22(35)32-23(31-20)29-16-5-3-4-14(10-16)24(25,26)27/h3-10,12,17,19-20,23,29,31H,11H2,1-2H3,(H,28,34)(H,30,33)(H,32,35). The summed E-state index contributed by atoms with van der Waals surface area (Å²) in [5.41, 5.74) is 0.939. The zero-order valence-corrected chi connectivity index (χ0v) is 19.1. The van der Waals surface area contributed by atoms with Crippen molar-refractivity contribution in [2.75, 3.05) is 10.6 Å². The van der Waals surface area contributed by atoms with Crippen LogP contribution in [0.2, 0.25) is 0 Å². The summed E-state index contributed by atoms with van der Waals surface area (Å²) in [7, 11) is 0. The van der Waals surface area contributed by atoms with Crippen molar-refractivity contribution < 1.29 is 27.6 Å². The van der Waals surface area contributed by atoms with E-state index < -0.39 is 53.8 Å². The van der Waals surface area contributed by atoms with Crippen molar-refractivity contribution in [1.29, 1.82) is 0 Å². The lowest BCUT2D eigenvalue weighted by molar-refractivity contribution is -0.144. The molecule has 11 heteroatoms. The number of nitrogens with one attached hydrogen (secondary N) is 5. The first-order valence-corrected chi connectivity index (χ1v) is 11.2. The second kappa shape index (κ2) is 9.57. The van der Waals surface area contributed by atoms with Gasteiger partial charge in [-0.05, 0) is 41.8 Å². The van der Waals surface area contributed by atoms with Gasteiger partial charge in [0, 0.05) is 17.8 Å². The maximum absolute atomic E-state index is 13.0. The Kier molecular flexibility index (Phi) is 6.70. The first-order chi connectivity index (χ1) is 16.5. The van der Waals surface area contributed by atoms with Gasteiger partial charge in [-0.1, -0.05) is 32.0 Å². The molecular formula is C24H26F3N5O3. The van der Waals surface area contributed by atoms with E-state index in [-0.39, 0.29) is 12.1 Å². The number of hydrogen-bond acceptors (Lipinski definition) is 5. The number of anilines is 2. The summed E-state index contributed by atoms with van der Waals surface area (Å²) in [5.74, 6) is -2.89. The number of piperidine rings is 1. The van der Waals surface area contributed by atoms with E-state index in [1.54, 1.807) is 12.1 Å². The third-order valence-corrected chi connectivity index (χ3v) is 6.13. The molecule has 2 saturated heterocycles. The van der Waals surface area contributed by atoms with Crippen molar-refractivity contribution in [1.82, 2.24) is 16.0 Å². The molecule has 2 aliphatic rings. The van der Waals surface area contributed by atoms with Crippen molar-refractivity contribution in [2.24, 2.45) is 11.8 Å². The average Bonchev–Trinajstić information content (AvgIpc) is 2.78. The van der Waals surface area contributed by atoms with Crippen molar-refractivity contribution >= 4 is 29.1 Å². The minimum Gasteiger partial charge on any atom is -0.353 e.